The fraction of sp³-hybridized carbons (Fsp3) is 0. The van der Waals surface area contributed by atoms with Crippen molar-refractivity contribution in [3.05, 3.63) is 0 Å². The van der Waals surface area contributed by atoms with Crippen molar-refractivity contribution in [3.63, 3.8) is 0 Å². The van der Waals surface area contributed by atoms with Gasteiger partial charge in [0.15, 0.2) is 0 Å². The summed E-state index contributed by atoms with van der Waals surface area (Å²) in [6, 6.07) is 0. The van der Waals surface area contributed by atoms with Crippen LogP contribution in [0.5, 0.6) is 0 Å². The average Bonchev–Trinajstić information content (AvgIpc) is 2.58. The van der Waals surface area contributed by atoms with Crippen LogP contribution >= 0.6 is 7.82 Å². The van der Waals surface area contributed by atoms with E-state index in [4.69, 9.17) is 0 Å². The van der Waals surface area contributed by atoms with Gasteiger partial charge >= 0.3 is 376 Å². The molecule has 0 amide bonds. The van der Waals surface area contributed by atoms with Crippen LogP contribution in [-0.4, -0.2) is 0 Å². The molecule has 0 fully saturated rings. The summed E-state index contributed by atoms with van der Waals surface area (Å²) in [5.41, 5.74) is 0. The maximum Gasteiger partial charge on any atom is 3.00 e. The third-order valence-corrected chi connectivity index (χ3v) is 62.2. The number of phosphoric acid groups is 1. The molecule has 54 heavy (non-hydrogen) atoms. The molecule has 0 aliphatic rings. The molecule has 54 heteroatoms. The van der Waals surface area contributed by atoms with Crippen molar-refractivity contribution in [2.24, 2.45) is 0 Å². The molecule has 0 aromatic rings. The van der Waals surface area contributed by atoms with Crippen LogP contribution in [0.4, 0.5) is 0 Å². The topological polar surface area (TPSA) is 607 Å². The molecule has 321 valence electrons. The Bertz CT molecular complexity index is 2510. The summed E-state index contributed by atoms with van der Waals surface area (Å²) in [7, 11) is -7.94. The largest absolute Gasteiger partial charge is 3.00 e. The molecule has 0 N–H and O–H groups in total. The summed E-state index contributed by atoms with van der Waals surface area (Å²) in [5.74, 6) is 0. The Hall–Kier alpha value is 4.47. The van der Waals surface area contributed by atoms with Crippen molar-refractivity contribution in [2.75, 3.05) is 0 Å². The predicted molar refractivity (Wildman–Crippen MR) is 37.1 cm³/mol. The van der Waals surface area contributed by atoms with Crippen LogP contribution in [0.2, 0.25) is 0 Å². The quantitative estimate of drug-likeness (QED) is 0.0640. The van der Waals surface area contributed by atoms with Gasteiger partial charge in [0.1, 0.15) is 0 Å². The fourth-order valence-corrected chi connectivity index (χ4v) is 60.0. The van der Waals surface area contributed by atoms with Crippen molar-refractivity contribution in [2.45, 2.75) is 0 Å². The molecular weight excluding hydrogens is 1960 g/mol. The van der Waals surface area contributed by atoms with E-state index in [2.05, 4.69) is 27.9 Å². The van der Waals surface area contributed by atoms with E-state index < -0.39 is 209 Å². The Morgan fingerprint density at radius 2 is 0.389 bits per heavy atom. The van der Waals surface area contributed by atoms with E-state index >= 15 is 0 Å². The van der Waals surface area contributed by atoms with E-state index in [0.29, 0.717) is 0 Å². The predicted octanol–water partition coefficient (Wildman–Crippen LogP) is -6.53. The van der Waals surface area contributed by atoms with Gasteiger partial charge in [-0.05, 0) is 0 Å². The van der Waals surface area contributed by atoms with Crippen LogP contribution in [0.3, 0.4) is 0 Å². The zero-order valence-electron chi connectivity index (χ0n) is 22.2. The zero-order valence-corrected chi connectivity index (χ0v) is 50.3. The number of hydrogen-bond donors (Lipinski definition) is 0. The summed E-state index contributed by atoms with van der Waals surface area (Å²) < 4.78 is 351. The molecule has 0 spiro atoms. The van der Waals surface area contributed by atoms with Crippen molar-refractivity contribution >= 4 is 7.82 Å². The molecule has 0 aliphatic heterocycles. The average molecular weight is 1960 g/mol. The van der Waals surface area contributed by atoms with Crippen LogP contribution < -0.4 is 11.3 Å². The second-order valence-electron chi connectivity index (χ2n) is 6.18. The van der Waals surface area contributed by atoms with E-state index in [1.807, 2.05) is 0 Å². The third kappa shape index (κ3) is 29.7. The summed E-state index contributed by atoms with van der Waals surface area (Å²) in [6.07, 6.45) is 0. The smallest absolute Gasteiger partial charge is 3.00 e. The van der Waals surface area contributed by atoms with Gasteiger partial charge < -0.3 is 0 Å². The van der Waals surface area contributed by atoms with Crippen LogP contribution in [-0.2, 0) is 315 Å². The van der Waals surface area contributed by atoms with E-state index in [9.17, 15) is 97.4 Å². The minimum Gasteiger partial charge on any atom is 3.00 e. The number of rotatable bonds is 24. The third-order valence-electron chi connectivity index (χ3n) is 2.05. The molecule has 0 aromatic carbocycles. The molecule has 1 radical (unpaired) electrons. The van der Waals surface area contributed by atoms with Gasteiger partial charge in [-0.2, -0.15) is 0 Å². The molecule has 0 aliphatic carbocycles. The van der Waals surface area contributed by atoms with Gasteiger partial charge in [0.2, 0.25) is 0 Å². The molecule has 0 aromatic heterocycles. The summed E-state index contributed by atoms with van der Waals surface area (Å²) in [4.78, 5) is 0. The standard InChI is InChI=1S/Ce.12Mo.H3O4P.36O/c;;;;;;;;;;;;;1-5(2,3)4;;;;;;;;;;;;;;;;;;;;;;;;;;;;;;;;;;;;/h;;;;;;;;;;;;;(H3,1,2,3,4);;;;;;;;;;;;;;;;;;;;;;;;;;;;;;;;;;;;/q+3;;;;;;;;;;3*+1;;;;;;;;;;;;;;;;;;;;;;;;;;;;;;;;;;;3*-1/p-3. The normalized spacial score (nSPS) is 15.3. The van der Waals surface area contributed by atoms with E-state index in [1.165, 1.54) is 0 Å². The Morgan fingerprint density at radius 3 is 0.537 bits per heavy atom. The minimum atomic E-state index is -8.82. The first kappa shape index (κ1) is 60.6. The fourth-order valence-electron chi connectivity index (χ4n) is 1.40. The van der Waals surface area contributed by atoms with Gasteiger partial charge in [-0.25, -0.2) is 0 Å². The summed E-state index contributed by atoms with van der Waals surface area (Å²) >= 11 is -98.5. The maximum atomic E-state index is 12.7. The van der Waals surface area contributed by atoms with Crippen molar-refractivity contribution in [3.8, 4) is 0 Å². The van der Waals surface area contributed by atoms with Gasteiger partial charge in [0.05, 0.1) is 0 Å². The van der Waals surface area contributed by atoms with Crippen molar-refractivity contribution < 1.29 is 368 Å². The molecule has 0 atom stereocenters. The first-order valence-electron chi connectivity index (χ1n) is 8.73. The SMILES string of the molecule is O=P([O][Mo](=[O])(=[O])[O][Mo](=[O])(=[O])[O][Mo](=[O])(=[O])[O][Mo](=[O])(=[O])[O-])([O][Mo](=[O])(=[O])[O][Mo](=[O])(=[O])[O][Mo](=[O])(=[O])[O][Mo](=[O])(=[O])[O-])[O][Mo](=[O])(=[O])[O][Mo](=[O])(=[O])[O][Mo](=[O])(=[O])[O][Mo](=[O])(=[O])[O-].[Ce+3]. The van der Waals surface area contributed by atoms with Crippen LogP contribution in [0.15, 0.2) is 0 Å². The summed E-state index contributed by atoms with van der Waals surface area (Å²) in [5, 5.41) is 0. The zero-order chi connectivity index (χ0) is 43.0. The van der Waals surface area contributed by atoms with Crippen LogP contribution in [0.25, 0.3) is 0 Å². The molecular formula is CeMo12O40P. The number of hydrogen-bond acceptors (Lipinski definition) is 40. The molecule has 0 unspecified atom stereocenters. The molecule has 40 nitrogen and oxygen atoms in total. The Balaban J connectivity index is 0. The molecule has 0 heterocycles. The van der Waals surface area contributed by atoms with Gasteiger partial charge in [0.25, 0.3) is 0 Å². The van der Waals surface area contributed by atoms with Crippen LogP contribution in [0, 0.1) is 41.7 Å². The second-order valence-corrected chi connectivity index (χ2v) is 55.7. The molecule has 0 bridgehead atoms. The summed E-state index contributed by atoms with van der Waals surface area (Å²) in [6.45, 7) is 0. The molecule has 0 saturated carbocycles. The van der Waals surface area contributed by atoms with Crippen molar-refractivity contribution in [1.29, 1.82) is 0 Å². The maximum absolute atomic E-state index is 12.7. The Morgan fingerprint density at radius 1 is 0.259 bits per heavy atom. The Kier molecular flexibility index (Phi) is 23.0. The minimum absolute atomic E-state index is 0. The Labute approximate surface area is 367 Å². The first-order valence-corrected chi connectivity index (χ1v) is 49.5. The monoisotopic (exact) mass is 1990 g/mol. The molecule has 0 rings (SSSR count). The van der Waals surface area contributed by atoms with E-state index in [1.54, 1.807) is 0 Å². The van der Waals surface area contributed by atoms with Gasteiger partial charge in [-0.3, -0.25) is 0 Å². The van der Waals surface area contributed by atoms with E-state index in [-0.39, 0.29) is 41.7 Å². The van der Waals surface area contributed by atoms with E-state index in [0.717, 1.165) is 0 Å². The van der Waals surface area contributed by atoms with Crippen molar-refractivity contribution in [1.82, 2.24) is 0 Å². The van der Waals surface area contributed by atoms with Gasteiger partial charge in [-0.1, -0.05) is 0 Å². The van der Waals surface area contributed by atoms with Crippen LogP contribution in [0.1, 0.15) is 0 Å². The molecule has 0 saturated heterocycles. The first-order chi connectivity index (χ1) is 22.5. The van der Waals surface area contributed by atoms with Gasteiger partial charge in [-0.15, -0.1) is 0 Å². The van der Waals surface area contributed by atoms with Gasteiger partial charge in [0, 0.05) is 0 Å². The second kappa shape index (κ2) is 20.5.